The zero-order valence-electron chi connectivity index (χ0n) is 14.5. The number of hydrogen-bond donors (Lipinski definition) is 1. The molecular weight excluding hydrogens is 348 g/mol. The van der Waals surface area contributed by atoms with Crippen LogP contribution in [0.4, 0.5) is 26.0 Å². The van der Waals surface area contributed by atoms with E-state index in [4.69, 9.17) is 0 Å². The van der Waals surface area contributed by atoms with Gasteiger partial charge in [-0.1, -0.05) is 24.3 Å². The molecule has 0 radical (unpaired) electrons. The molecule has 6 heteroatoms. The number of para-hydroxylation sites is 2. The Morgan fingerprint density at radius 1 is 1.00 bits per heavy atom. The van der Waals surface area contributed by atoms with Crippen molar-refractivity contribution < 1.29 is 13.6 Å². The number of carbonyl (C=O) groups is 1. The van der Waals surface area contributed by atoms with Gasteiger partial charge in [0.05, 0.1) is 5.56 Å². The molecule has 27 heavy (non-hydrogen) atoms. The molecule has 0 saturated carbocycles. The van der Waals surface area contributed by atoms with E-state index in [1.165, 1.54) is 18.3 Å². The number of aryl methyl sites for hydroxylation is 1. The van der Waals surface area contributed by atoms with Crippen LogP contribution in [0.15, 0.2) is 60.8 Å². The van der Waals surface area contributed by atoms with Gasteiger partial charge in [0.2, 0.25) is 0 Å². The molecule has 4 nitrogen and oxygen atoms in total. The van der Waals surface area contributed by atoms with Crippen LogP contribution in [0.1, 0.15) is 22.3 Å². The molecule has 2 aromatic carbocycles. The quantitative estimate of drug-likeness (QED) is 0.732. The Labute approximate surface area is 155 Å². The monoisotopic (exact) mass is 365 g/mol. The second kappa shape index (κ2) is 7.15. The molecule has 3 aromatic rings. The van der Waals surface area contributed by atoms with Crippen molar-refractivity contribution in [3.05, 3.63) is 83.6 Å². The largest absolute Gasteiger partial charge is 0.335 e. The lowest BCUT2D eigenvalue weighted by atomic mass is 10.0. The zero-order chi connectivity index (χ0) is 18.8. The predicted octanol–water partition coefficient (Wildman–Crippen LogP) is 4.70. The molecule has 0 fully saturated rings. The number of anilines is 3. The first-order valence-electron chi connectivity index (χ1n) is 8.70. The Hall–Kier alpha value is -3.28. The summed E-state index contributed by atoms with van der Waals surface area (Å²) in [6, 6.07) is 14.6. The number of rotatable bonds is 3. The van der Waals surface area contributed by atoms with Gasteiger partial charge < -0.3 is 10.2 Å². The molecule has 0 spiro atoms. The van der Waals surface area contributed by atoms with Crippen LogP contribution in [0.2, 0.25) is 0 Å². The minimum atomic E-state index is -0.707. The lowest BCUT2D eigenvalue weighted by Gasteiger charge is -2.29. The summed E-state index contributed by atoms with van der Waals surface area (Å²) in [7, 11) is 0. The maximum Gasteiger partial charge on any atom is 0.259 e. The van der Waals surface area contributed by atoms with Gasteiger partial charge in [0.1, 0.15) is 23.1 Å². The summed E-state index contributed by atoms with van der Waals surface area (Å²) in [5.74, 6) is -1.29. The highest BCUT2D eigenvalue weighted by Gasteiger charge is 2.23. The van der Waals surface area contributed by atoms with Gasteiger partial charge in [-0.2, -0.15) is 0 Å². The average molecular weight is 365 g/mol. The third-order valence-electron chi connectivity index (χ3n) is 4.58. The average Bonchev–Trinajstić information content (AvgIpc) is 2.70. The van der Waals surface area contributed by atoms with Crippen molar-refractivity contribution in [3.63, 3.8) is 0 Å². The minimum Gasteiger partial charge on any atom is -0.335 e. The van der Waals surface area contributed by atoms with E-state index in [1.54, 1.807) is 11.0 Å². The van der Waals surface area contributed by atoms with Crippen LogP contribution < -0.4 is 10.2 Å². The topological polar surface area (TPSA) is 45.2 Å². The number of halogens is 2. The van der Waals surface area contributed by atoms with Gasteiger partial charge in [-0.25, -0.2) is 13.8 Å². The highest BCUT2D eigenvalue weighted by molar-refractivity contribution is 6.06. The SMILES string of the molecule is O=C(c1ccc(Nc2c(F)cccc2F)nc1)N1CCCc2ccccc21. The Kier molecular flexibility index (Phi) is 4.54. The highest BCUT2D eigenvalue weighted by Crippen LogP contribution is 2.28. The van der Waals surface area contributed by atoms with E-state index < -0.39 is 11.6 Å². The molecule has 4 rings (SSSR count). The first-order valence-corrected chi connectivity index (χ1v) is 8.70. The van der Waals surface area contributed by atoms with Crippen molar-refractivity contribution in [2.75, 3.05) is 16.8 Å². The normalized spacial score (nSPS) is 13.2. The van der Waals surface area contributed by atoms with E-state index in [0.717, 1.165) is 36.2 Å². The molecule has 1 amide bonds. The molecular formula is C21H17F2N3O. The maximum atomic E-state index is 13.7. The molecule has 0 saturated heterocycles. The van der Waals surface area contributed by atoms with Crippen molar-refractivity contribution in [2.45, 2.75) is 12.8 Å². The molecule has 0 unspecified atom stereocenters. The zero-order valence-corrected chi connectivity index (χ0v) is 14.5. The molecule has 1 aliphatic rings. The number of fused-ring (bicyclic) bond motifs is 1. The van der Waals surface area contributed by atoms with Crippen LogP contribution in [0.3, 0.4) is 0 Å². The van der Waals surface area contributed by atoms with Gasteiger partial charge in [-0.3, -0.25) is 4.79 Å². The summed E-state index contributed by atoms with van der Waals surface area (Å²) >= 11 is 0. The number of carbonyl (C=O) groups excluding carboxylic acids is 1. The van der Waals surface area contributed by atoms with Gasteiger partial charge in [-0.15, -0.1) is 0 Å². The fraction of sp³-hybridized carbons (Fsp3) is 0.143. The minimum absolute atomic E-state index is 0.140. The first-order chi connectivity index (χ1) is 13.1. The Morgan fingerprint density at radius 2 is 1.78 bits per heavy atom. The van der Waals surface area contributed by atoms with Gasteiger partial charge in [0.25, 0.3) is 5.91 Å². The third kappa shape index (κ3) is 3.38. The van der Waals surface area contributed by atoms with E-state index in [2.05, 4.69) is 10.3 Å². The summed E-state index contributed by atoms with van der Waals surface area (Å²) in [4.78, 5) is 18.8. The van der Waals surface area contributed by atoms with Gasteiger partial charge >= 0.3 is 0 Å². The molecule has 1 N–H and O–H groups in total. The molecule has 0 aliphatic carbocycles. The Morgan fingerprint density at radius 3 is 2.52 bits per heavy atom. The highest BCUT2D eigenvalue weighted by atomic mass is 19.1. The molecule has 0 bridgehead atoms. The Bertz CT molecular complexity index is 969. The van der Waals surface area contributed by atoms with E-state index in [1.807, 2.05) is 24.3 Å². The van der Waals surface area contributed by atoms with Gasteiger partial charge in [-0.05, 0) is 48.7 Å². The lowest BCUT2D eigenvalue weighted by Crippen LogP contribution is -2.35. The van der Waals surface area contributed by atoms with E-state index in [9.17, 15) is 13.6 Å². The van der Waals surface area contributed by atoms with Crippen molar-refractivity contribution in [2.24, 2.45) is 0 Å². The van der Waals surface area contributed by atoms with Crippen LogP contribution in [0.5, 0.6) is 0 Å². The summed E-state index contributed by atoms with van der Waals surface area (Å²) in [6.07, 6.45) is 3.28. The smallest absolute Gasteiger partial charge is 0.259 e. The molecule has 1 aliphatic heterocycles. The first kappa shape index (κ1) is 17.1. The van der Waals surface area contributed by atoms with Crippen molar-refractivity contribution in [1.82, 2.24) is 4.98 Å². The molecule has 1 aromatic heterocycles. The molecule has 136 valence electrons. The van der Waals surface area contributed by atoms with E-state index in [0.29, 0.717) is 12.1 Å². The van der Waals surface area contributed by atoms with Crippen LogP contribution in [-0.2, 0) is 6.42 Å². The molecule has 0 atom stereocenters. The second-order valence-electron chi connectivity index (χ2n) is 6.34. The van der Waals surface area contributed by atoms with E-state index in [-0.39, 0.29) is 17.4 Å². The van der Waals surface area contributed by atoms with Crippen molar-refractivity contribution in [3.8, 4) is 0 Å². The van der Waals surface area contributed by atoms with Crippen molar-refractivity contribution in [1.29, 1.82) is 0 Å². The lowest BCUT2D eigenvalue weighted by molar-refractivity contribution is 0.0985. The van der Waals surface area contributed by atoms with Gasteiger partial charge in [0.15, 0.2) is 0 Å². The summed E-state index contributed by atoms with van der Waals surface area (Å²) in [5, 5.41) is 2.62. The summed E-state index contributed by atoms with van der Waals surface area (Å²) in [6.45, 7) is 0.649. The number of pyridine rings is 1. The fourth-order valence-corrected chi connectivity index (χ4v) is 3.24. The summed E-state index contributed by atoms with van der Waals surface area (Å²) in [5.41, 5.74) is 2.23. The number of benzene rings is 2. The number of nitrogens with zero attached hydrogens (tertiary/aromatic N) is 2. The summed E-state index contributed by atoms with van der Waals surface area (Å²) < 4.78 is 27.5. The molecule has 2 heterocycles. The van der Waals surface area contributed by atoms with Crippen LogP contribution >= 0.6 is 0 Å². The van der Waals surface area contributed by atoms with Crippen LogP contribution in [0.25, 0.3) is 0 Å². The fourth-order valence-electron chi connectivity index (χ4n) is 3.24. The standard InChI is InChI=1S/C21H17F2N3O/c22-16-7-3-8-17(23)20(16)25-19-11-10-15(13-24-19)21(27)26-12-4-6-14-5-1-2-9-18(14)26/h1-3,5,7-11,13H,4,6,12H2,(H,24,25). The predicted molar refractivity (Wildman–Crippen MR) is 100 cm³/mol. The van der Waals surface area contributed by atoms with E-state index >= 15 is 0 Å². The van der Waals surface area contributed by atoms with Crippen molar-refractivity contribution >= 4 is 23.1 Å². The maximum absolute atomic E-state index is 13.7. The number of aromatic nitrogens is 1. The number of nitrogens with one attached hydrogen (secondary N) is 1. The van der Waals surface area contributed by atoms with Crippen LogP contribution in [0, 0.1) is 11.6 Å². The number of amides is 1. The Balaban J connectivity index is 1.55. The van der Waals surface area contributed by atoms with Crippen LogP contribution in [-0.4, -0.2) is 17.4 Å². The number of hydrogen-bond acceptors (Lipinski definition) is 3. The van der Waals surface area contributed by atoms with Gasteiger partial charge in [0, 0.05) is 18.4 Å². The third-order valence-corrected chi connectivity index (χ3v) is 4.58. The second-order valence-corrected chi connectivity index (χ2v) is 6.34.